The van der Waals surface area contributed by atoms with Crippen molar-refractivity contribution in [1.82, 2.24) is 4.90 Å². The van der Waals surface area contributed by atoms with E-state index in [1.54, 1.807) is 4.90 Å². The van der Waals surface area contributed by atoms with Crippen LogP contribution in [0.3, 0.4) is 0 Å². The van der Waals surface area contributed by atoms with E-state index in [1.165, 1.54) is 11.1 Å². The Hall–Kier alpha value is -1.88. The quantitative estimate of drug-likeness (QED) is 0.924. The summed E-state index contributed by atoms with van der Waals surface area (Å²) in [4.78, 5) is 25.2. The third-order valence-corrected chi connectivity index (χ3v) is 4.81. The van der Waals surface area contributed by atoms with E-state index < -0.39 is 5.97 Å². The van der Waals surface area contributed by atoms with Gasteiger partial charge in [-0.3, -0.25) is 9.59 Å². The first-order chi connectivity index (χ1) is 11.1. The van der Waals surface area contributed by atoms with Gasteiger partial charge in [0.1, 0.15) is 0 Å². The number of benzene rings is 1. The Kier molecular flexibility index (Phi) is 4.96. The third-order valence-electron chi connectivity index (χ3n) is 4.81. The van der Waals surface area contributed by atoms with Gasteiger partial charge in [0.25, 0.3) is 0 Å². The zero-order valence-electron chi connectivity index (χ0n) is 13.2. The summed E-state index contributed by atoms with van der Waals surface area (Å²) in [5.74, 6) is -0.482. The summed E-state index contributed by atoms with van der Waals surface area (Å²) in [6.07, 6.45) is 3.35. The van der Waals surface area contributed by atoms with Crippen molar-refractivity contribution in [3.8, 4) is 0 Å². The molecule has 1 aliphatic carbocycles. The highest BCUT2D eigenvalue weighted by atomic mass is 16.5. The number of nitrogens with zero attached hydrogens (tertiary/aromatic N) is 1. The molecular formula is C18H23NO4. The monoisotopic (exact) mass is 317 g/mol. The van der Waals surface area contributed by atoms with Crippen LogP contribution in [-0.4, -0.2) is 47.7 Å². The van der Waals surface area contributed by atoms with E-state index in [1.807, 2.05) is 6.07 Å². The van der Waals surface area contributed by atoms with E-state index in [0.717, 1.165) is 19.3 Å². The molecule has 3 rings (SSSR count). The first kappa shape index (κ1) is 16.0. The number of rotatable bonds is 4. The highest BCUT2D eigenvalue weighted by Gasteiger charge is 2.29. The fourth-order valence-corrected chi connectivity index (χ4v) is 3.67. The molecule has 0 spiro atoms. The SMILES string of the molecule is O=C(O)C[C@@H]1CN(C(=O)C[C@@H]2CCCc3ccccc32)CCO1. The van der Waals surface area contributed by atoms with Gasteiger partial charge in [-0.15, -0.1) is 0 Å². The Bertz CT molecular complexity index is 586. The lowest BCUT2D eigenvalue weighted by Gasteiger charge is -2.34. The number of ether oxygens (including phenoxy) is 1. The Morgan fingerprint density at radius 2 is 2.09 bits per heavy atom. The van der Waals surface area contributed by atoms with Gasteiger partial charge in [-0.1, -0.05) is 24.3 Å². The molecule has 1 N–H and O–H groups in total. The van der Waals surface area contributed by atoms with Gasteiger partial charge < -0.3 is 14.7 Å². The van der Waals surface area contributed by atoms with E-state index in [-0.39, 0.29) is 24.3 Å². The van der Waals surface area contributed by atoms with Crippen molar-refractivity contribution in [3.05, 3.63) is 35.4 Å². The van der Waals surface area contributed by atoms with Crippen LogP contribution >= 0.6 is 0 Å². The zero-order valence-corrected chi connectivity index (χ0v) is 13.2. The number of amides is 1. The summed E-state index contributed by atoms with van der Waals surface area (Å²) < 4.78 is 5.44. The first-order valence-electron chi connectivity index (χ1n) is 8.32. The molecule has 1 fully saturated rings. The predicted octanol–water partition coefficient (Wildman–Crippen LogP) is 2.20. The Morgan fingerprint density at radius 3 is 2.91 bits per heavy atom. The summed E-state index contributed by atoms with van der Waals surface area (Å²) in [5.41, 5.74) is 2.67. The fourth-order valence-electron chi connectivity index (χ4n) is 3.67. The number of hydrogen-bond acceptors (Lipinski definition) is 3. The van der Waals surface area contributed by atoms with Gasteiger partial charge in [-0.05, 0) is 36.3 Å². The van der Waals surface area contributed by atoms with Crippen molar-refractivity contribution >= 4 is 11.9 Å². The number of hydrogen-bond donors (Lipinski definition) is 1. The molecule has 1 aromatic rings. The van der Waals surface area contributed by atoms with Crippen molar-refractivity contribution in [2.24, 2.45) is 0 Å². The minimum Gasteiger partial charge on any atom is -0.481 e. The van der Waals surface area contributed by atoms with Crippen molar-refractivity contribution in [2.45, 2.75) is 44.1 Å². The molecule has 2 atom stereocenters. The van der Waals surface area contributed by atoms with E-state index in [4.69, 9.17) is 9.84 Å². The molecule has 124 valence electrons. The highest BCUT2D eigenvalue weighted by molar-refractivity contribution is 5.77. The molecule has 0 bridgehead atoms. The van der Waals surface area contributed by atoms with Crippen LogP contribution in [0, 0.1) is 0 Å². The van der Waals surface area contributed by atoms with Crippen molar-refractivity contribution in [1.29, 1.82) is 0 Å². The van der Waals surface area contributed by atoms with Crippen LogP contribution < -0.4 is 0 Å². The van der Waals surface area contributed by atoms with Crippen LogP contribution in [0.2, 0.25) is 0 Å². The van der Waals surface area contributed by atoms with E-state index >= 15 is 0 Å². The number of carbonyl (C=O) groups excluding carboxylic acids is 1. The summed E-state index contributed by atoms with van der Waals surface area (Å²) in [5, 5.41) is 8.88. The minimum absolute atomic E-state index is 0.0456. The molecular weight excluding hydrogens is 294 g/mol. The van der Waals surface area contributed by atoms with E-state index in [2.05, 4.69) is 18.2 Å². The molecule has 1 saturated heterocycles. The Morgan fingerprint density at radius 1 is 1.26 bits per heavy atom. The van der Waals surface area contributed by atoms with E-state index in [9.17, 15) is 9.59 Å². The number of aliphatic carboxylic acids is 1. The molecule has 5 heteroatoms. The second kappa shape index (κ2) is 7.13. The van der Waals surface area contributed by atoms with Crippen LogP contribution in [-0.2, 0) is 20.7 Å². The van der Waals surface area contributed by atoms with Gasteiger partial charge in [-0.25, -0.2) is 0 Å². The van der Waals surface area contributed by atoms with Gasteiger partial charge in [0.15, 0.2) is 0 Å². The van der Waals surface area contributed by atoms with E-state index in [0.29, 0.717) is 26.1 Å². The molecule has 1 aliphatic heterocycles. The molecule has 5 nitrogen and oxygen atoms in total. The lowest BCUT2D eigenvalue weighted by Crippen LogP contribution is -2.46. The van der Waals surface area contributed by atoms with Gasteiger partial charge >= 0.3 is 5.97 Å². The zero-order chi connectivity index (χ0) is 16.2. The summed E-state index contributed by atoms with van der Waals surface area (Å²) in [6.45, 7) is 1.37. The molecule has 1 aromatic carbocycles. The van der Waals surface area contributed by atoms with Gasteiger partial charge in [0.2, 0.25) is 5.91 Å². The van der Waals surface area contributed by atoms with Crippen LogP contribution in [0.1, 0.15) is 42.7 Å². The molecule has 1 heterocycles. The largest absolute Gasteiger partial charge is 0.481 e. The Balaban J connectivity index is 1.62. The van der Waals surface area contributed by atoms with Crippen LogP contribution in [0.25, 0.3) is 0 Å². The minimum atomic E-state index is -0.884. The van der Waals surface area contributed by atoms with Crippen molar-refractivity contribution < 1.29 is 19.4 Å². The fraction of sp³-hybridized carbons (Fsp3) is 0.556. The summed E-state index contributed by atoms with van der Waals surface area (Å²) in [6, 6.07) is 8.39. The lowest BCUT2D eigenvalue weighted by molar-refractivity contribution is -0.147. The third kappa shape index (κ3) is 3.91. The summed E-state index contributed by atoms with van der Waals surface area (Å²) >= 11 is 0. The summed E-state index contributed by atoms with van der Waals surface area (Å²) in [7, 11) is 0. The molecule has 0 aromatic heterocycles. The average molecular weight is 317 g/mol. The molecule has 23 heavy (non-hydrogen) atoms. The number of aryl methyl sites for hydroxylation is 1. The predicted molar refractivity (Wildman–Crippen MR) is 85.3 cm³/mol. The average Bonchev–Trinajstić information content (AvgIpc) is 2.55. The first-order valence-corrected chi connectivity index (χ1v) is 8.32. The van der Waals surface area contributed by atoms with Crippen molar-refractivity contribution in [2.75, 3.05) is 19.7 Å². The normalized spacial score (nSPS) is 24.1. The second-order valence-electron chi connectivity index (χ2n) is 6.42. The maximum Gasteiger partial charge on any atom is 0.306 e. The number of carbonyl (C=O) groups is 2. The molecule has 1 amide bonds. The maximum atomic E-state index is 12.6. The van der Waals surface area contributed by atoms with Gasteiger partial charge in [-0.2, -0.15) is 0 Å². The number of carboxylic acids is 1. The van der Waals surface area contributed by atoms with Crippen molar-refractivity contribution in [3.63, 3.8) is 0 Å². The second-order valence-corrected chi connectivity index (χ2v) is 6.42. The maximum absolute atomic E-state index is 12.6. The van der Waals surface area contributed by atoms with Crippen LogP contribution in [0.4, 0.5) is 0 Å². The van der Waals surface area contributed by atoms with Crippen LogP contribution in [0.5, 0.6) is 0 Å². The number of carboxylic acid groups (broad SMARTS) is 1. The highest BCUT2D eigenvalue weighted by Crippen LogP contribution is 2.34. The molecule has 0 unspecified atom stereocenters. The van der Waals surface area contributed by atoms with Gasteiger partial charge in [0.05, 0.1) is 19.1 Å². The standard InChI is InChI=1S/C18H23NO4/c20-17(19-8-9-23-15(12-19)11-18(21)22)10-14-6-3-5-13-4-1-2-7-16(13)14/h1-2,4,7,14-15H,3,5-6,8-12H2,(H,21,22)/t14-,15+/m0/s1. The van der Waals surface area contributed by atoms with Crippen LogP contribution in [0.15, 0.2) is 24.3 Å². The number of fused-ring (bicyclic) bond motifs is 1. The molecule has 0 saturated carbocycles. The molecule has 0 radical (unpaired) electrons. The topological polar surface area (TPSA) is 66.8 Å². The lowest BCUT2D eigenvalue weighted by atomic mass is 9.81. The smallest absolute Gasteiger partial charge is 0.306 e. The number of morpholine rings is 1. The molecule has 2 aliphatic rings. The van der Waals surface area contributed by atoms with Gasteiger partial charge in [0, 0.05) is 19.5 Å². The Labute approximate surface area is 136 Å².